The van der Waals surface area contributed by atoms with Crippen LogP contribution in [0.2, 0.25) is 0 Å². The third-order valence-corrected chi connectivity index (χ3v) is 6.99. The summed E-state index contributed by atoms with van der Waals surface area (Å²) < 4.78 is 13.2. The zero-order chi connectivity index (χ0) is 22.6. The summed E-state index contributed by atoms with van der Waals surface area (Å²) in [6.45, 7) is 9.09. The number of hydrogen-bond acceptors (Lipinski definition) is 3. The van der Waals surface area contributed by atoms with Crippen LogP contribution >= 0.6 is 0 Å². The fourth-order valence-corrected chi connectivity index (χ4v) is 5.12. The fourth-order valence-electron chi connectivity index (χ4n) is 5.12. The van der Waals surface area contributed by atoms with Crippen molar-refractivity contribution >= 4 is 17.1 Å². The van der Waals surface area contributed by atoms with Crippen molar-refractivity contribution in [3.8, 4) is 11.5 Å². The molecule has 0 saturated carbocycles. The molecular formula is C27H33IN2O2. The first-order valence-corrected chi connectivity index (χ1v) is 10.7. The number of benzene rings is 2. The second-order valence-corrected chi connectivity index (χ2v) is 9.43. The molecule has 2 aliphatic heterocycles. The van der Waals surface area contributed by atoms with E-state index in [-0.39, 0.29) is 34.8 Å². The van der Waals surface area contributed by atoms with Crippen molar-refractivity contribution < 1.29 is 38.0 Å². The highest BCUT2D eigenvalue weighted by molar-refractivity contribution is 6.03. The lowest BCUT2D eigenvalue weighted by atomic mass is 9.81. The van der Waals surface area contributed by atoms with Gasteiger partial charge >= 0.3 is 0 Å². The van der Waals surface area contributed by atoms with Crippen molar-refractivity contribution in [3.05, 3.63) is 71.5 Å². The Morgan fingerprint density at radius 2 is 1.47 bits per heavy atom. The van der Waals surface area contributed by atoms with E-state index in [4.69, 9.17) is 9.47 Å². The van der Waals surface area contributed by atoms with Crippen LogP contribution in [0.25, 0.3) is 0 Å². The maximum absolute atomic E-state index is 5.46. The minimum atomic E-state index is -0.0962. The van der Waals surface area contributed by atoms with Crippen LogP contribution in [0.15, 0.2) is 60.3 Å². The van der Waals surface area contributed by atoms with Gasteiger partial charge in [-0.2, -0.15) is 4.58 Å². The van der Waals surface area contributed by atoms with Crippen molar-refractivity contribution in [1.29, 1.82) is 0 Å². The quantitative estimate of drug-likeness (QED) is 0.437. The number of methoxy groups -OCH3 is 2. The molecule has 2 aliphatic rings. The average molecular weight is 544 g/mol. The van der Waals surface area contributed by atoms with Gasteiger partial charge in [0, 0.05) is 41.6 Å². The number of nitrogens with zero attached hydrogens (tertiary/aromatic N) is 2. The molecule has 170 valence electrons. The SMILES string of the molecule is COc1ccc2c(c1)C(C)(C)C(/C=C/C=C1/N(C)c3ccc(OC)cc3C1(C)C)=[N+]2C.[I-]. The van der Waals surface area contributed by atoms with Gasteiger partial charge < -0.3 is 38.4 Å². The van der Waals surface area contributed by atoms with Crippen LogP contribution in [0.5, 0.6) is 11.5 Å². The molecule has 4 nitrogen and oxygen atoms in total. The Balaban J connectivity index is 0.00000289. The summed E-state index contributed by atoms with van der Waals surface area (Å²) in [4.78, 5) is 2.28. The molecule has 4 rings (SSSR count). The summed E-state index contributed by atoms with van der Waals surface area (Å²) in [6.07, 6.45) is 6.67. The Labute approximate surface area is 209 Å². The second-order valence-electron chi connectivity index (χ2n) is 9.43. The van der Waals surface area contributed by atoms with E-state index in [0.717, 1.165) is 11.5 Å². The first-order valence-electron chi connectivity index (χ1n) is 10.7. The molecule has 0 saturated heterocycles. The monoisotopic (exact) mass is 544 g/mol. The maximum atomic E-state index is 5.46. The molecule has 0 radical (unpaired) electrons. The lowest BCUT2D eigenvalue weighted by Crippen LogP contribution is -3.00. The van der Waals surface area contributed by atoms with Crippen LogP contribution in [-0.2, 0) is 10.8 Å². The molecule has 0 atom stereocenters. The van der Waals surface area contributed by atoms with Gasteiger partial charge in [-0.05, 0) is 55.8 Å². The maximum Gasteiger partial charge on any atom is 0.209 e. The molecule has 2 aromatic carbocycles. The van der Waals surface area contributed by atoms with Gasteiger partial charge in [0.25, 0.3) is 0 Å². The van der Waals surface area contributed by atoms with Gasteiger partial charge in [-0.1, -0.05) is 19.9 Å². The lowest BCUT2D eigenvalue weighted by molar-refractivity contribution is -0.401. The van der Waals surface area contributed by atoms with E-state index in [2.05, 4.69) is 93.8 Å². The standard InChI is InChI=1S/C27H33N2O2.HI/c1-26(2)20-16-18(30-7)12-14-22(20)28(5)24(26)10-9-11-25-27(3,4)21-17-19(31-8)13-15-23(21)29(25)6;/h9-17H,1-8H3;1H/q+1;/p-1. The number of allylic oxidation sites excluding steroid dienone is 4. The average Bonchev–Trinajstić information content (AvgIpc) is 3.06. The molecular weight excluding hydrogens is 511 g/mol. The van der Waals surface area contributed by atoms with Crippen molar-refractivity contribution in [2.75, 3.05) is 33.2 Å². The number of likely N-dealkylation sites (N-methyl/N-ethyl adjacent to an activating group) is 1. The highest BCUT2D eigenvalue weighted by Crippen LogP contribution is 2.48. The van der Waals surface area contributed by atoms with Crippen LogP contribution in [0, 0.1) is 0 Å². The molecule has 0 spiro atoms. The zero-order valence-corrected chi connectivity index (χ0v) is 22.4. The normalized spacial score (nSPS) is 19.2. The predicted molar refractivity (Wildman–Crippen MR) is 129 cm³/mol. The Bertz CT molecular complexity index is 1140. The van der Waals surface area contributed by atoms with Gasteiger partial charge in [-0.25, -0.2) is 0 Å². The van der Waals surface area contributed by atoms with Gasteiger partial charge in [0.2, 0.25) is 5.69 Å². The lowest BCUT2D eigenvalue weighted by Gasteiger charge is -2.23. The van der Waals surface area contributed by atoms with Crippen LogP contribution in [0.4, 0.5) is 11.4 Å². The van der Waals surface area contributed by atoms with Crippen LogP contribution < -0.4 is 38.4 Å². The molecule has 0 aliphatic carbocycles. The van der Waals surface area contributed by atoms with E-state index >= 15 is 0 Å². The number of rotatable bonds is 4. The Hall–Kier alpha value is -2.28. The molecule has 2 heterocycles. The van der Waals surface area contributed by atoms with Crippen LogP contribution in [-0.4, -0.2) is 38.6 Å². The van der Waals surface area contributed by atoms with Gasteiger partial charge in [-0.3, -0.25) is 0 Å². The van der Waals surface area contributed by atoms with E-state index in [9.17, 15) is 0 Å². The fraction of sp³-hybridized carbons (Fsp3) is 0.370. The number of hydrogen-bond donors (Lipinski definition) is 0. The van der Waals surface area contributed by atoms with E-state index in [0.29, 0.717) is 0 Å². The van der Waals surface area contributed by atoms with E-state index in [1.807, 2.05) is 12.1 Å². The molecule has 0 unspecified atom stereocenters. The highest BCUT2D eigenvalue weighted by atomic mass is 127. The molecule has 0 bridgehead atoms. The Morgan fingerprint density at radius 1 is 0.875 bits per heavy atom. The molecule has 0 fully saturated rings. The van der Waals surface area contributed by atoms with Gasteiger partial charge in [-0.15, -0.1) is 0 Å². The molecule has 5 heteroatoms. The Morgan fingerprint density at radius 3 is 2.09 bits per heavy atom. The van der Waals surface area contributed by atoms with E-state index in [1.165, 1.54) is 33.9 Å². The summed E-state index contributed by atoms with van der Waals surface area (Å²) in [5.41, 5.74) is 7.39. The number of halogens is 1. The van der Waals surface area contributed by atoms with Gasteiger partial charge in [0.15, 0.2) is 5.71 Å². The molecule has 0 N–H and O–H groups in total. The minimum absolute atomic E-state index is 0. The molecule has 0 aromatic heterocycles. The third kappa shape index (κ3) is 3.64. The third-order valence-electron chi connectivity index (χ3n) is 6.99. The summed E-state index contributed by atoms with van der Waals surface area (Å²) in [7, 11) is 7.72. The summed E-state index contributed by atoms with van der Waals surface area (Å²) in [5, 5.41) is 0. The van der Waals surface area contributed by atoms with Gasteiger partial charge in [0.05, 0.1) is 19.6 Å². The van der Waals surface area contributed by atoms with Gasteiger partial charge in [0.1, 0.15) is 18.5 Å². The van der Waals surface area contributed by atoms with Crippen LogP contribution in [0.3, 0.4) is 0 Å². The summed E-state index contributed by atoms with van der Waals surface area (Å²) >= 11 is 0. The highest BCUT2D eigenvalue weighted by Gasteiger charge is 2.43. The smallest absolute Gasteiger partial charge is 0.209 e. The topological polar surface area (TPSA) is 24.7 Å². The first kappa shape index (κ1) is 24.4. The number of fused-ring (bicyclic) bond motifs is 2. The predicted octanol–water partition coefficient (Wildman–Crippen LogP) is 2.58. The van der Waals surface area contributed by atoms with Crippen molar-refractivity contribution in [3.63, 3.8) is 0 Å². The molecule has 32 heavy (non-hydrogen) atoms. The zero-order valence-electron chi connectivity index (χ0n) is 20.3. The minimum Gasteiger partial charge on any atom is -1.00 e. The van der Waals surface area contributed by atoms with E-state index < -0.39 is 0 Å². The summed E-state index contributed by atoms with van der Waals surface area (Å²) in [5.74, 6) is 1.80. The molecule has 0 amide bonds. The largest absolute Gasteiger partial charge is 1.00 e. The summed E-state index contributed by atoms with van der Waals surface area (Å²) in [6, 6.07) is 12.7. The first-order chi connectivity index (χ1) is 14.6. The van der Waals surface area contributed by atoms with E-state index in [1.54, 1.807) is 14.2 Å². The van der Waals surface area contributed by atoms with Crippen molar-refractivity contribution in [2.24, 2.45) is 0 Å². The van der Waals surface area contributed by atoms with Crippen LogP contribution in [0.1, 0.15) is 38.8 Å². The van der Waals surface area contributed by atoms with Crippen molar-refractivity contribution in [2.45, 2.75) is 38.5 Å². The number of anilines is 1. The number of ether oxygens (including phenoxy) is 2. The second kappa shape index (κ2) is 8.58. The van der Waals surface area contributed by atoms with Crippen molar-refractivity contribution in [1.82, 2.24) is 0 Å². The Kier molecular flexibility index (Phi) is 6.53. The molecule has 2 aromatic rings.